The van der Waals surface area contributed by atoms with E-state index in [1.807, 2.05) is 0 Å². The second-order valence-electron chi connectivity index (χ2n) is 4.99. The molecule has 0 saturated carbocycles. The van der Waals surface area contributed by atoms with Crippen LogP contribution in [0.4, 0.5) is 0 Å². The summed E-state index contributed by atoms with van der Waals surface area (Å²) < 4.78 is 0. The Hall–Kier alpha value is -2.45. The van der Waals surface area contributed by atoms with Crippen molar-refractivity contribution < 1.29 is 50.7 Å². The first-order valence-corrected chi connectivity index (χ1v) is 9.70. The van der Waals surface area contributed by atoms with Gasteiger partial charge in [0, 0.05) is 0 Å². The molecule has 0 aliphatic carbocycles. The van der Waals surface area contributed by atoms with Crippen molar-refractivity contribution >= 4 is 46.7 Å². The van der Waals surface area contributed by atoms with Gasteiger partial charge in [-0.15, -0.1) is 0 Å². The van der Waals surface area contributed by atoms with Gasteiger partial charge >= 0.3 is 97.4 Å². The standard InChI is InChI=1S/9CHO.Fe/c9*1-2;/h9*1H;. The molecule has 9 nitrogen and oxygen atoms in total. The molecule has 0 saturated heterocycles. The van der Waals surface area contributed by atoms with Crippen LogP contribution in [0.25, 0.3) is 0 Å². The van der Waals surface area contributed by atoms with Gasteiger partial charge in [-0.2, -0.15) is 0 Å². The van der Waals surface area contributed by atoms with E-state index in [1.54, 1.807) is 0 Å². The fraction of sp³-hybridized carbons (Fsp3) is 0. The Morgan fingerprint density at radius 2 is 0.421 bits per heavy atom. The summed E-state index contributed by atoms with van der Waals surface area (Å²) in [5.74, 6) is 0. The Bertz CT molecular complexity index is 487. The van der Waals surface area contributed by atoms with Crippen molar-refractivity contribution in [2.75, 3.05) is 0 Å². The van der Waals surface area contributed by atoms with Crippen LogP contribution in [0, 0.1) is 0 Å². The zero-order valence-electron chi connectivity index (χ0n) is 9.22. The monoisotopic (exact) mass is 317 g/mol. The van der Waals surface area contributed by atoms with Crippen LogP contribution in [0.3, 0.4) is 0 Å². The average molecular weight is 317 g/mol. The van der Waals surface area contributed by atoms with Crippen molar-refractivity contribution in [3.63, 3.8) is 0 Å². The molecule has 0 aromatic carbocycles. The maximum atomic E-state index is 11.5. The van der Waals surface area contributed by atoms with E-state index in [4.69, 9.17) is 0 Å². The maximum absolute atomic E-state index is 11.5. The molecule has 0 aromatic rings. The molecule has 0 atom stereocenters. The number of rotatable bonds is 9. The summed E-state index contributed by atoms with van der Waals surface area (Å²) in [6, 6.07) is 0. The second kappa shape index (κ2) is 1.82. The first-order chi connectivity index (χ1) is 8.49. The van der Waals surface area contributed by atoms with Crippen LogP contribution in [0.15, 0.2) is 0 Å². The van der Waals surface area contributed by atoms with Crippen LogP contribution in [-0.4, -0.2) is 46.7 Å². The third-order valence-corrected chi connectivity index (χ3v) is 14.3. The minimum atomic E-state index is -10.1. The molecule has 0 bridgehead atoms. The van der Waals surface area contributed by atoms with Gasteiger partial charge in [-0.1, -0.05) is 0 Å². The van der Waals surface area contributed by atoms with E-state index < -0.39 is 54.2 Å². The van der Waals surface area contributed by atoms with Gasteiger partial charge in [0.1, 0.15) is 0 Å². The normalized spacial score (nSPS) is 21.8. The summed E-state index contributed by atoms with van der Waals surface area (Å²) >= 11 is 0. The van der Waals surface area contributed by atoms with Crippen molar-refractivity contribution in [1.29, 1.82) is 0 Å². The van der Waals surface area contributed by atoms with E-state index in [1.165, 1.54) is 0 Å². The molecule has 0 aliphatic heterocycles. The van der Waals surface area contributed by atoms with Gasteiger partial charge in [0.05, 0.1) is 0 Å². The molecule has 0 amide bonds. The molecule has 0 spiro atoms. The Balaban J connectivity index is 9.48. The molecule has 0 N–H and O–H groups in total. The fourth-order valence-corrected chi connectivity index (χ4v) is 2.92. The van der Waals surface area contributed by atoms with E-state index in [-0.39, 0.29) is 0 Å². The van der Waals surface area contributed by atoms with Crippen molar-refractivity contribution in [2.24, 2.45) is 0 Å². The second-order valence-corrected chi connectivity index (χ2v) is 20.6. The summed E-state index contributed by atoms with van der Waals surface area (Å²) in [6.45, 7) is 0. The summed E-state index contributed by atoms with van der Waals surface area (Å²) in [7, 11) is -10.1. The predicted octanol–water partition coefficient (Wildman–Crippen LogP) is -2.47. The minimum absolute atomic E-state index is 1.33. The molecule has 19 heavy (non-hydrogen) atoms. The van der Waals surface area contributed by atoms with Crippen LogP contribution < -0.4 is 0 Å². The molecule has 0 aromatic heterocycles. The molecular weight excluding hydrogens is 308 g/mol. The number of carbonyl (C=O) groups is 9. The Labute approximate surface area is 97.8 Å². The average Bonchev–Trinajstić information content (AvgIpc) is 2.57. The van der Waals surface area contributed by atoms with E-state index >= 15 is 0 Å². The Morgan fingerprint density at radius 1 is 0.316 bits per heavy atom. The van der Waals surface area contributed by atoms with E-state index in [0.717, 1.165) is 0 Å². The quantitative estimate of drug-likeness (QED) is 0.332. The van der Waals surface area contributed by atoms with Crippen LogP contribution in [0.2, 0.25) is 0 Å². The number of hydrogen-bond acceptors (Lipinski definition) is 9. The van der Waals surface area contributed by atoms with Crippen LogP contribution >= 0.6 is 0 Å². The number of hydrogen-bond donors (Lipinski definition) is 0. The summed E-state index contributed by atoms with van der Waals surface area (Å²) in [6.07, 6.45) is 0. The third kappa shape index (κ3) is 0.590. The zero-order chi connectivity index (χ0) is 15.7. The Morgan fingerprint density at radius 3 is 0.421 bits per heavy atom. The van der Waals surface area contributed by atoms with Gasteiger partial charge in [-0.3, -0.25) is 0 Å². The SMILES string of the molecule is O=[CH][Fe]([CH]=O)([CH]=O)([CH]=O)([CH]=O)([CH]=O)([CH]=O)([CH]=O)[CH]=O. The van der Waals surface area contributed by atoms with Crippen molar-refractivity contribution in [3.05, 3.63) is 0 Å². The third-order valence-electron chi connectivity index (χ3n) is 3.46. The van der Waals surface area contributed by atoms with E-state index in [0.29, 0.717) is 0 Å². The predicted molar refractivity (Wildman–Crippen MR) is 60.8 cm³/mol. The van der Waals surface area contributed by atoms with Gasteiger partial charge in [0.15, 0.2) is 0 Å². The van der Waals surface area contributed by atoms with Gasteiger partial charge in [-0.05, 0) is 0 Å². The molecule has 10 heteroatoms. The Kier molecular flexibility index (Phi) is 1.58. The van der Waals surface area contributed by atoms with E-state index in [9.17, 15) is 43.2 Å². The van der Waals surface area contributed by atoms with Gasteiger partial charge in [0.2, 0.25) is 0 Å². The molecule has 0 unspecified atom stereocenters. The summed E-state index contributed by atoms with van der Waals surface area (Å²) in [5.41, 5.74) is 0. The van der Waals surface area contributed by atoms with Crippen molar-refractivity contribution in [1.82, 2.24) is 0 Å². The molecule has 107 valence electrons. The molecule has 0 rings (SSSR count). The summed E-state index contributed by atoms with van der Waals surface area (Å²) in [5, 5.41) is -12.0. The topological polar surface area (TPSA) is 154 Å². The van der Waals surface area contributed by atoms with E-state index in [2.05, 4.69) is 0 Å². The molecule has 0 radical (unpaired) electrons. The van der Waals surface area contributed by atoms with Crippen molar-refractivity contribution in [3.8, 4) is 0 Å². The van der Waals surface area contributed by atoms with Crippen LogP contribution in [0.1, 0.15) is 0 Å². The first kappa shape index (κ1) is 16.5. The van der Waals surface area contributed by atoms with Crippen LogP contribution in [-0.2, 0) is 50.7 Å². The molecule has 0 aliphatic rings. The molecule has 0 fully saturated rings. The first-order valence-electron chi connectivity index (χ1n) is 3.96. The fourth-order valence-electron chi connectivity index (χ4n) is 0.707. The van der Waals surface area contributed by atoms with Crippen molar-refractivity contribution in [2.45, 2.75) is 0 Å². The number of carbonyl (C=O) groups excluding carboxylic acids is 9. The van der Waals surface area contributed by atoms with Gasteiger partial charge < -0.3 is 0 Å². The van der Waals surface area contributed by atoms with Gasteiger partial charge in [0.25, 0.3) is 0 Å². The molecular formula is C9H9FeO9. The van der Waals surface area contributed by atoms with Gasteiger partial charge in [-0.25, -0.2) is 0 Å². The van der Waals surface area contributed by atoms with Crippen LogP contribution in [0.5, 0.6) is 0 Å². The zero-order valence-corrected chi connectivity index (χ0v) is 10.3. The summed E-state index contributed by atoms with van der Waals surface area (Å²) in [4.78, 5) is 103. The molecule has 0 heterocycles.